The summed E-state index contributed by atoms with van der Waals surface area (Å²) in [7, 11) is -8.35. The number of pyridine rings is 2. The van der Waals surface area contributed by atoms with Gasteiger partial charge < -0.3 is 9.11 Å². The molecule has 12 heteroatoms. The minimum Gasteiger partial charge on any atom is -0.748 e. The second kappa shape index (κ2) is 15.0. The van der Waals surface area contributed by atoms with E-state index in [4.69, 9.17) is 0 Å². The molecule has 0 atom stereocenters. The minimum atomic E-state index is -4.17. The number of hydrogen-bond donors (Lipinski definition) is 0. The van der Waals surface area contributed by atoms with Crippen LogP contribution in [-0.2, 0) is 46.2 Å². The fourth-order valence-electron chi connectivity index (χ4n) is 3.41. The summed E-state index contributed by atoms with van der Waals surface area (Å²) in [4.78, 5) is 0. The lowest BCUT2D eigenvalue weighted by atomic mass is 10.2. The van der Waals surface area contributed by atoms with Gasteiger partial charge in [-0.1, -0.05) is 12.1 Å². The number of aryl methyl sites for hydroxylation is 4. The molecule has 0 saturated carbocycles. The molecule has 190 valence electrons. The molecule has 0 unspecified atom stereocenters. The normalized spacial score (nSPS) is 12.2. The van der Waals surface area contributed by atoms with Crippen molar-refractivity contribution in [2.24, 2.45) is 0 Å². The second-order valence-corrected chi connectivity index (χ2v) is 13.2. The quantitative estimate of drug-likeness (QED) is 0.165. The largest absolute Gasteiger partial charge is 0.748 e. The second-order valence-electron chi connectivity index (χ2n) is 7.73. The zero-order chi connectivity index (χ0) is 24.9. The zero-order valence-electron chi connectivity index (χ0n) is 19.1. The van der Waals surface area contributed by atoms with Crippen LogP contribution in [-0.4, -0.2) is 60.5 Å². The first-order chi connectivity index (χ1) is 16.1. The molecular weight excluding hydrogens is 517 g/mol. The van der Waals surface area contributed by atoms with Crippen molar-refractivity contribution in [3.63, 3.8) is 0 Å². The number of rotatable bonds is 17. The lowest BCUT2D eigenvalue weighted by Gasteiger charge is -2.07. The van der Waals surface area contributed by atoms with Gasteiger partial charge in [0.2, 0.25) is 0 Å². The summed E-state index contributed by atoms with van der Waals surface area (Å²) in [5, 5.41) is 0. The SMILES string of the molecule is O=S(=O)([O-])CCC[n+]1ccccc1CCSCCSCCc1cccc[n+]1CCCS(=O)(=O)[O-]. The van der Waals surface area contributed by atoms with E-state index in [0.29, 0.717) is 25.9 Å². The molecule has 2 aromatic rings. The molecule has 34 heavy (non-hydrogen) atoms. The third-order valence-electron chi connectivity index (χ3n) is 5.03. The van der Waals surface area contributed by atoms with E-state index in [2.05, 4.69) is 0 Å². The highest BCUT2D eigenvalue weighted by atomic mass is 32.2. The summed E-state index contributed by atoms with van der Waals surface area (Å²) in [5.74, 6) is 3.30. The van der Waals surface area contributed by atoms with Gasteiger partial charge in [-0.25, -0.2) is 26.0 Å². The molecule has 0 aliphatic carbocycles. The van der Waals surface area contributed by atoms with E-state index in [-0.39, 0.29) is 11.5 Å². The molecule has 0 spiro atoms. The molecule has 0 radical (unpaired) electrons. The van der Waals surface area contributed by atoms with Crippen LogP contribution in [0.5, 0.6) is 0 Å². The van der Waals surface area contributed by atoms with Crippen molar-refractivity contribution in [3.05, 3.63) is 60.2 Å². The van der Waals surface area contributed by atoms with Crippen LogP contribution in [0.25, 0.3) is 0 Å². The number of thioether (sulfide) groups is 2. The van der Waals surface area contributed by atoms with Crippen LogP contribution in [0.1, 0.15) is 24.2 Å². The Morgan fingerprint density at radius 3 is 1.44 bits per heavy atom. The van der Waals surface area contributed by atoms with Gasteiger partial charge in [0.1, 0.15) is 13.1 Å². The third kappa shape index (κ3) is 13.1. The summed E-state index contributed by atoms with van der Waals surface area (Å²) in [6, 6.07) is 11.8. The van der Waals surface area contributed by atoms with Crippen LogP contribution in [0.2, 0.25) is 0 Å². The molecule has 8 nitrogen and oxygen atoms in total. The van der Waals surface area contributed by atoms with Crippen LogP contribution in [0.3, 0.4) is 0 Å². The molecule has 0 aliphatic heterocycles. The van der Waals surface area contributed by atoms with E-state index in [0.717, 1.165) is 47.2 Å². The molecule has 2 heterocycles. The molecule has 0 saturated heterocycles. The van der Waals surface area contributed by atoms with E-state index < -0.39 is 20.2 Å². The molecular formula is C22H32N2O6S4. The Morgan fingerprint density at radius 2 is 1.06 bits per heavy atom. The predicted molar refractivity (Wildman–Crippen MR) is 134 cm³/mol. The highest BCUT2D eigenvalue weighted by molar-refractivity contribution is 8.02. The van der Waals surface area contributed by atoms with Gasteiger partial charge in [0, 0.05) is 84.5 Å². The van der Waals surface area contributed by atoms with Gasteiger partial charge in [0.05, 0.1) is 20.2 Å². The standard InChI is InChI=1S/C22H32N2O6S4/c25-33(26,27)19-5-13-23-11-3-1-7-21(23)9-15-31-17-18-32-16-10-22-8-2-4-12-24(22)14-6-20-34(28,29)30/h1-4,7-8,11-12H,5-6,9-10,13-20H2. The van der Waals surface area contributed by atoms with Gasteiger partial charge in [-0.05, 0) is 0 Å². The maximum Gasteiger partial charge on any atom is 0.182 e. The van der Waals surface area contributed by atoms with Gasteiger partial charge in [0.25, 0.3) is 0 Å². The van der Waals surface area contributed by atoms with Gasteiger partial charge in [-0.15, -0.1) is 0 Å². The fourth-order valence-corrected chi connectivity index (χ4v) is 6.44. The van der Waals surface area contributed by atoms with Crippen LogP contribution < -0.4 is 9.13 Å². The van der Waals surface area contributed by atoms with E-state index in [1.807, 2.05) is 81.4 Å². The minimum absolute atomic E-state index is 0.316. The van der Waals surface area contributed by atoms with E-state index in [1.165, 1.54) is 0 Å². The first kappa shape index (κ1) is 29.1. The fraction of sp³-hybridized carbons (Fsp3) is 0.545. The summed E-state index contributed by atoms with van der Waals surface area (Å²) in [6.07, 6.45) is 6.23. The van der Waals surface area contributed by atoms with Gasteiger partial charge in [0.15, 0.2) is 23.8 Å². The van der Waals surface area contributed by atoms with Crippen LogP contribution in [0.4, 0.5) is 0 Å². The maximum absolute atomic E-state index is 10.8. The van der Waals surface area contributed by atoms with E-state index in [9.17, 15) is 25.9 Å². The Hall–Kier alpha value is -1.18. The number of nitrogens with zero attached hydrogens (tertiary/aromatic N) is 2. The Kier molecular flexibility index (Phi) is 12.9. The van der Waals surface area contributed by atoms with Crippen molar-refractivity contribution in [3.8, 4) is 0 Å². The predicted octanol–water partition coefficient (Wildman–Crippen LogP) is 1.38. The van der Waals surface area contributed by atoms with E-state index >= 15 is 0 Å². The molecule has 0 aliphatic rings. The topological polar surface area (TPSA) is 122 Å². The first-order valence-electron chi connectivity index (χ1n) is 11.1. The van der Waals surface area contributed by atoms with Crippen molar-refractivity contribution in [2.75, 3.05) is 34.5 Å². The summed E-state index contributed by atoms with van der Waals surface area (Å²) >= 11 is 3.75. The monoisotopic (exact) mass is 548 g/mol. The molecule has 2 rings (SSSR count). The molecule has 2 aromatic heterocycles. The molecule has 0 fully saturated rings. The molecule has 0 N–H and O–H groups in total. The number of hydrogen-bond acceptors (Lipinski definition) is 8. The van der Waals surface area contributed by atoms with Gasteiger partial charge in [-0.2, -0.15) is 23.5 Å². The highest BCUT2D eigenvalue weighted by Crippen LogP contribution is 2.10. The summed E-state index contributed by atoms with van der Waals surface area (Å²) in [5.41, 5.74) is 2.26. The molecule has 0 bridgehead atoms. The van der Waals surface area contributed by atoms with Crippen molar-refractivity contribution < 1.29 is 35.1 Å². The smallest absolute Gasteiger partial charge is 0.182 e. The lowest BCUT2D eigenvalue weighted by Crippen LogP contribution is -2.39. The Morgan fingerprint density at radius 1 is 0.647 bits per heavy atom. The van der Waals surface area contributed by atoms with Crippen LogP contribution in [0, 0.1) is 0 Å². The highest BCUT2D eigenvalue weighted by Gasteiger charge is 2.11. The lowest BCUT2D eigenvalue weighted by molar-refractivity contribution is -0.704. The molecule has 0 amide bonds. The summed E-state index contributed by atoms with van der Waals surface area (Å²) in [6.45, 7) is 1.04. The zero-order valence-corrected chi connectivity index (χ0v) is 22.3. The van der Waals surface area contributed by atoms with Crippen molar-refractivity contribution in [1.29, 1.82) is 0 Å². The van der Waals surface area contributed by atoms with Crippen molar-refractivity contribution in [2.45, 2.75) is 38.8 Å². The number of aromatic nitrogens is 2. The first-order valence-corrected chi connectivity index (χ1v) is 16.6. The van der Waals surface area contributed by atoms with Gasteiger partial charge >= 0.3 is 0 Å². The Labute approximate surface area is 211 Å². The summed E-state index contributed by atoms with van der Waals surface area (Å²) < 4.78 is 68.8. The maximum atomic E-state index is 10.8. The molecule has 0 aromatic carbocycles. The van der Waals surface area contributed by atoms with Gasteiger partial charge in [-0.3, -0.25) is 0 Å². The van der Waals surface area contributed by atoms with Crippen molar-refractivity contribution in [1.82, 2.24) is 0 Å². The van der Waals surface area contributed by atoms with Crippen LogP contribution >= 0.6 is 23.5 Å². The average molecular weight is 549 g/mol. The van der Waals surface area contributed by atoms with Crippen LogP contribution in [0.15, 0.2) is 48.8 Å². The Balaban J connectivity index is 1.63. The third-order valence-corrected chi connectivity index (χ3v) is 8.84. The Bertz CT molecular complexity index is 1010. The van der Waals surface area contributed by atoms with Crippen molar-refractivity contribution >= 4 is 43.8 Å². The average Bonchev–Trinajstić information content (AvgIpc) is 2.76. The van der Waals surface area contributed by atoms with E-state index in [1.54, 1.807) is 0 Å².